The van der Waals surface area contributed by atoms with E-state index < -0.39 is 8.07 Å². The molecule has 6 aromatic rings. The first-order valence-corrected chi connectivity index (χ1v) is 14.6. The summed E-state index contributed by atoms with van der Waals surface area (Å²) in [5, 5.41) is 13.4. The number of benzene rings is 5. The summed E-state index contributed by atoms with van der Waals surface area (Å²) >= 11 is 0. The van der Waals surface area contributed by atoms with E-state index in [2.05, 4.69) is 144 Å². The molecule has 3 heteroatoms. The first-order valence-electron chi connectivity index (χ1n) is 12.6. The Morgan fingerprint density at radius 2 is 1.08 bits per heavy atom. The zero-order valence-electron chi connectivity index (χ0n) is 20.3. The summed E-state index contributed by atoms with van der Waals surface area (Å²) in [4.78, 5) is 0. The van der Waals surface area contributed by atoms with Gasteiger partial charge in [0.15, 0.2) is 13.8 Å². The fourth-order valence-electron chi connectivity index (χ4n) is 6.21. The molecule has 2 heterocycles. The average Bonchev–Trinajstić information content (AvgIpc) is 2.95. The van der Waals surface area contributed by atoms with E-state index in [1.54, 1.807) is 0 Å². The number of nitrogens with zero attached hydrogens (tertiary/aromatic N) is 1. The van der Waals surface area contributed by atoms with E-state index in [1.807, 2.05) is 0 Å². The van der Waals surface area contributed by atoms with E-state index in [0.717, 1.165) is 6.67 Å². The van der Waals surface area contributed by atoms with Crippen molar-refractivity contribution < 1.29 is 4.57 Å². The van der Waals surface area contributed by atoms with Crippen molar-refractivity contribution in [2.75, 3.05) is 5.32 Å². The molecular weight excluding hydrogens is 452 g/mol. The highest BCUT2D eigenvalue weighted by Crippen LogP contribution is 2.32. The number of pyridine rings is 1. The predicted octanol–water partition coefficient (Wildman–Crippen LogP) is 4.35. The van der Waals surface area contributed by atoms with Crippen LogP contribution in [0.25, 0.3) is 21.7 Å². The van der Waals surface area contributed by atoms with Gasteiger partial charge in [-0.3, -0.25) is 0 Å². The van der Waals surface area contributed by atoms with E-state index in [9.17, 15) is 0 Å². The molecule has 1 aliphatic rings. The monoisotopic (exact) mass is 479 g/mol. The van der Waals surface area contributed by atoms with E-state index in [4.69, 9.17) is 0 Å². The average molecular weight is 480 g/mol. The van der Waals surface area contributed by atoms with Crippen molar-refractivity contribution in [2.24, 2.45) is 0 Å². The Morgan fingerprint density at radius 3 is 1.67 bits per heavy atom. The van der Waals surface area contributed by atoms with Crippen LogP contribution >= 0.6 is 0 Å². The summed E-state index contributed by atoms with van der Waals surface area (Å²) in [7, 11) is -2.63. The maximum absolute atomic E-state index is 3.91. The molecule has 172 valence electrons. The number of aryl methyl sites for hydroxylation is 1. The van der Waals surface area contributed by atoms with Gasteiger partial charge < -0.3 is 5.32 Å². The van der Waals surface area contributed by atoms with Gasteiger partial charge in [-0.05, 0) is 38.3 Å². The van der Waals surface area contributed by atoms with Crippen LogP contribution in [-0.4, -0.2) is 8.07 Å². The summed E-state index contributed by atoms with van der Waals surface area (Å²) in [5.74, 6) is 0. The van der Waals surface area contributed by atoms with Crippen molar-refractivity contribution in [1.29, 1.82) is 0 Å². The van der Waals surface area contributed by atoms with Gasteiger partial charge in [0.25, 0.3) is 0 Å². The Morgan fingerprint density at radius 1 is 0.583 bits per heavy atom. The fraction of sp³-hybridized carbons (Fsp3) is 0.0606. The van der Waals surface area contributed by atoms with Crippen molar-refractivity contribution >= 4 is 56.2 Å². The second-order valence-electron chi connectivity index (χ2n) is 9.68. The lowest BCUT2D eigenvalue weighted by Gasteiger charge is -2.36. The second kappa shape index (κ2) is 8.18. The van der Waals surface area contributed by atoms with E-state index in [-0.39, 0.29) is 0 Å². The maximum Gasteiger partial charge on any atom is 0.224 e. The minimum Gasteiger partial charge on any atom is -0.330 e. The van der Waals surface area contributed by atoms with Gasteiger partial charge in [-0.2, -0.15) is 4.57 Å². The highest BCUT2D eigenvalue weighted by Gasteiger charge is 2.44. The molecule has 0 aliphatic carbocycles. The van der Waals surface area contributed by atoms with E-state index in [0.29, 0.717) is 0 Å². The number of hydrogen-bond donors (Lipinski definition) is 1. The summed E-state index contributed by atoms with van der Waals surface area (Å²) in [5.41, 5.74) is 3.89. The minimum atomic E-state index is -2.63. The van der Waals surface area contributed by atoms with Crippen molar-refractivity contribution in [3.05, 3.63) is 133 Å². The Bertz CT molecular complexity index is 1630. The number of hydrogen-bond acceptors (Lipinski definition) is 1. The molecule has 7 rings (SSSR count). The summed E-state index contributed by atoms with van der Waals surface area (Å²) < 4.78 is 2.42. The third kappa shape index (κ3) is 2.93. The van der Waals surface area contributed by atoms with Crippen LogP contribution < -0.4 is 30.6 Å². The molecule has 0 amide bonds. The van der Waals surface area contributed by atoms with Crippen LogP contribution in [0.3, 0.4) is 0 Å². The third-order valence-electron chi connectivity index (χ3n) is 7.83. The number of aromatic nitrogens is 1. The molecule has 5 aromatic carbocycles. The lowest BCUT2D eigenvalue weighted by atomic mass is 10.0. The van der Waals surface area contributed by atoms with Gasteiger partial charge in [-0.1, -0.05) is 109 Å². The third-order valence-corrected chi connectivity index (χ3v) is 12.7. The van der Waals surface area contributed by atoms with Gasteiger partial charge in [0.1, 0.15) is 0 Å². The molecule has 0 fully saturated rings. The van der Waals surface area contributed by atoms with Crippen LogP contribution in [0.2, 0.25) is 0 Å². The molecule has 1 N–H and O–H groups in total. The molecule has 0 spiro atoms. The van der Waals surface area contributed by atoms with Gasteiger partial charge in [0.2, 0.25) is 12.2 Å². The molecular formula is C33H27N2Si+. The first kappa shape index (κ1) is 21.1. The number of rotatable bonds is 4. The van der Waals surface area contributed by atoms with Gasteiger partial charge in [0.05, 0.1) is 11.1 Å². The topological polar surface area (TPSA) is 15.9 Å². The molecule has 1 aliphatic heterocycles. The summed E-state index contributed by atoms with van der Waals surface area (Å²) in [6, 6.07) is 47.3. The molecule has 0 unspecified atom stereocenters. The minimum absolute atomic E-state index is 0.773. The Balaban J connectivity index is 1.69. The largest absolute Gasteiger partial charge is 0.330 e. The van der Waals surface area contributed by atoms with Crippen LogP contribution in [0, 0.1) is 6.92 Å². The molecule has 0 bridgehead atoms. The maximum atomic E-state index is 3.91. The molecule has 1 aromatic heterocycles. The highest BCUT2D eigenvalue weighted by atomic mass is 28.3. The molecule has 0 saturated carbocycles. The predicted molar refractivity (Wildman–Crippen MR) is 154 cm³/mol. The summed E-state index contributed by atoms with van der Waals surface area (Å²) in [6.07, 6.45) is 0. The molecule has 0 saturated heterocycles. The Kier molecular flexibility index (Phi) is 4.79. The van der Waals surface area contributed by atoms with Crippen molar-refractivity contribution in [2.45, 2.75) is 13.6 Å². The first-order chi connectivity index (χ1) is 17.8. The zero-order valence-corrected chi connectivity index (χ0v) is 21.3. The summed E-state index contributed by atoms with van der Waals surface area (Å²) in [6.45, 7) is 2.97. The smallest absolute Gasteiger partial charge is 0.224 e. The van der Waals surface area contributed by atoms with Crippen LogP contribution in [0.4, 0.5) is 5.69 Å². The molecule has 36 heavy (non-hydrogen) atoms. The SMILES string of the molecule is Cc1ccc2ccc3ccc([Si](c4ccccc4)(c4ccccc4)c4ccccc4)c4c3c2[n+]1CN4. The van der Waals surface area contributed by atoms with Crippen molar-refractivity contribution in [1.82, 2.24) is 0 Å². The number of nitrogens with one attached hydrogen (secondary N) is 1. The lowest BCUT2D eigenvalue weighted by Crippen LogP contribution is -2.75. The molecule has 2 nitrogen and oxygen atoms in total. The van der Waals surface area contributed by atoms with Crippen LogP contribution in [-0.2, 0) is 6.67 Å². The van der Waals surface area contributed by atoms with Gasteiger partial charge in [-0.15, -0.1) is 0 Å². The Labute approximate surface area is 212 Å². The molecule has 0 atom stereocenters. The molecule has 0 radical (unpaired) electrons. The zero-order chi connectivity index (χ0) is 24.1. The lowest BCUT2D eigenvalue weighted by molar-refractivity contribution is -0.671. The second-order valence-corrected chi connectivity index (χ2v) is 13.4. The van der Waals surface area contributed by atoms with Gasteiger partial charge >= 0.3 is 0 Å². The van der Waals surface area contributed by atoms with E-state index in [1.165, 1.54) is 53.8 Å². The van der Waals surface area contributed by atoms with Crippen molar-refractivity contribution in [3.8, 4) is 0 Å². The normalized spacial score (nSPS) is 12.7. The fourth-order valence-corrected chi connectivity index (χ4v) is 11.1. The van der Waals surface area contributed by atoms with Gasteiger partial charge in [0, 0.05) is 18.4 Å². The van der Waals surface area contributed by atoms with Crippen LogP contribution in [0.5, 0.6) is 0 Å². The standard InChI is InChI=1S/C33H26N2Si/c1-24-17-18-26-20-19-25-21-22-30(32-31(25)33(26)35(24)23-34-32)36(27-11-5-2-6-12-27,28-13-7-3-8-14-28)29-15-9-4-10-16-29/h2-22H,23H2,1H3/p+1. The quantitative estimate of drug-likeness (QED) is 0.172. The Hall–Kier alpha value is -4.21. The van der Waals surface area contributed by atoms with Crippen molar-refractivity contribution in [3.63, 3.8) is 0 Å². The number of anilines is 1. The van der Waals surface area contributed by atoms with E-state index >= 15 is 0 Å². The van der Waals surface area contributed by atoms with Crippen LogP contribution in [0.15, 0.2) is 127 Å². The highest BCUT2D eigenvalue weighted by molar-refractivity contribution is 7.20. The van der Waals surface area contributed by atoms with Gasteiger partial charge in [-0.25, -0.2) is 0 Å². The van der Waals surface area contributed by atoms with Crippen LogP contribution in [0.1, 0.15) is 5.69 Å².